The minimum Gasteiger partial charge on any atom is -0.490 e. The molecule has 3 N–H and O–H groups in total. The molecule has 2 aromatic carbocycles. The maximum atomic E-state index is 6.01. The highest BCUT2D eigenvalue weighted by Crippen LogP contribution is 2.34. The Kier molecular flexibility index (Phi) is 6.86. The lowest BCUT2D eigenvalue weighted by atomic mass is 9.78. The summed E-state index contributed by atoms with van der Waals surface area (Å²) in [6.45, 7) is 9.37. The highest BCUT2D eigenvalue weighted by atomic mass is 16.5. The lowest BCUT2D eigenvalue weighted by Gasteiger charge is -2.37. The van der Waals surface area contributed by atoms with Crippen molar-refractivity contribution in [1.82, 2.24) is 9.97 Å². The second kappa shape index (κ2) is 10.1. The van der Waals surface area contributed by atoms with Crippen LogP contribution < -0.4 is 20.5 Å². The van der Waals surface area contributed by atoms with E-state index >= 15 is 0 Å². The van der Waals surface area contributed by atoms with Crippen molar-refractivity contribution in [3.63, 3.8) is 0 Å². The van der Waals surface area contributed by atoms with Crippen LogP contribution >= 0.6 is 0 Å². The van der Waals surface area contributed by atoms with E-state index in [2.05, 4.69) is 72.5 Å². The van der Waals surface area contributed by atoms with Crippen LogP contribution in [0.3, 0.4) is 0 Å². The molecule has 2 aliphatic rings. The highest BCUT2D eigenvalue weighted by molar-refractivity contribution is 5.42. The fourth-order valence-corrected chi connectivity index (χ4v) is 4.54. The third-order valence-electron chi connectivity index (χ3n) is 7.26. The topological polar surface area (TPSA) is 91.5 Å². The van der Waals surface area contributed by atoms with Gasteiger partial charge in [-0.15, -0.1) is 0 Å². The van der Waals surface area contributed by atoms with E-state index in [0.717, 1.165) is 49.8 Å². The lowest BCUT2D eigenvalue weighted by Crippen LogP contribution is -2.45. The highest BCUT2D eigenvalue weighted by Gasteiger charge is 2.33. The zero-order valence-corrected chi connectivity index (χ0v) is 21.4. The third kappa shape index (κ3) is 5.63. The summed E-state index contributed by atoms with van der Waals surface area (Å²) in [5.74, 6) is 2.34. The van der Waals surface area contributed by atoms with Gasteiger partial charge in [-0.3, -0.25) is 0 Å². The minimum atomic E-state index is -0.148. The molecular weight excluding hydrogens is 452 g/mol. The van der Waals surface area contributed by atoms with E-state index in [0.29, 0.717) is 12.6 Å². The van der Waals surface area contributed by atoms with Crippen LogP contribution in [0.1, 0.15) is 50.4 Å². The maximum Gasteiger partial charge on any atom is 0.222 e. The quantitative estimate of drug-likeness (QED) is 0.427. The van der Waals surface area contributed by atoms with E-state index in [9.17, 15) is 0 Å². The molecule has 2 fully saturated rings. The number of nitrogens with two attached hydrogens (primary N) is 1. The molecule has 5 rings (SSSR count). The SMILES string of the molecule is CC1(CNc2nccc(COc3ccc(C(C)(C)c4ccc(O[C@H]5C[C@@H](N)C5)cc4)cc3)n2)COC1. The second-order valence-corrected chi connectivity index (χ2v) is 11.0. The van der Waals surface area contributed by atoms with Crippen molar-refractivity contribution >= 4 is 5.95 Å². The van der Waals surface area contributed by atoms with Gasteiger partial charge < -0.3 is 25.3 Å². The largest absolute Gasteiger partial charge is 0.490 e. The van der Waals surface area contributed by atoms with Crippen molar-refractivity contribution in [1.29, 1.82) is 0 Å². The fraction of sp³-hybridized carbons (Fsp3) is 0.448. The molecule has 1 saturated carbocycles. The number of hydrogen-bond acceptors (Lipinski definition) is 7. The monoisotopic (exact) mass is 488 g/mol. The average Bonchev–Trinajstić information content (AvgIpc) is 2.85. The summed E-state index contributed by atoms with van der Waals surface area (Å²) in [6, 6.07) is 18.9. The van der Waals surface area contributed by atoms with Crippen molar-refractivity contribution in [3.05, 3.63) is 77.6 Å². The molecule has 1 saturated heterocycles. The average molecular weight is 489 g/mol. The predicted molar refractivity (Wildman–Crippen MR) is 140 cm³/mol. The Labute approximate surface area is 213 Å². The summed E-state index contributed by atoms with van der Waals surface area (Å²) in [5.41, 5.74) is 9.16. The molecular formula is C29H36N4O3. The van der Waals surface area contributed by atoms with Gasteiger partial charge in [0.25, 0.3) is 0 Å². The Bertz CT molecular complexity index is 1150. The van der Waals surface area contributed by atoms with Gasteiger partial charge in [0.05, 0.1) is 18.9 Å². The van der Waals surface area contributed by atoms with Gasteiger partial charge in [0, 0.05) is 29.6 Å². The number of nitrogens with zero attached hydrogens (tertiary/aromatic N) is 2. The first-order valence-corrected chi connectivity index (χ1v) is 12.7. The van der Waals surface area contributed by atoms with E-state index in [1.54, 1.807) is 6.20 Å². The summed E-state index contributed by atoms with van der Waals surface area (Å²) in [4.78, 5) is 8.90. The second-order valence-electron chi connectivity index (χ2n) is 11.0. The van der Waals surface area contributed by atoms with Gasteiger partial charge in [-0.1, -0.05) is 45.0 Å². The first-order chi connectivity index (χ1) is 17.3. The summed E-state index contributed by atoms with van der Waals surface area (Å²) >= 11 is 0. The molecule has 0 radical (unpaired) electrons. The van der Waals surface area contributed by atoms with Crippen LogP contribution in [0.4, 0.5) is 5.95 Å². The number of hydrogen-bond donors (Lipinski definition) is 2. The number of anilines is 1. The van der Waals surface area contributed by atoms with Crippen molar-refractivity contribution in [3.8, 4) is 11.5 Å². The fourth-order valence-electron chi connectivity index (χ4n) is 4.54. The molecule has 3 aromatic rings. The molecule has 0 unspecified atom stereocenters. The number of benzene rings is 2. The Balaban J connectivity index is 1.16. The van der Waals surface area contributed by atoms with Gasteiger partial charge in [0.2, 0.25) is 5.95 Å². The van der Waals surface area contributed by atoms with Gasteiger partial charge in [-0.25, -0.2) is 9.97 Å². The summed E-state index contributed by atoms with van der Waals surface area (Å²) in [7, 11) is 0. The molecule has 1 aliphatic carbocycles. The molecule has 0 spiro atoms. The zero-order chi connectivity index (χ0) is 25.2. The maximum absolute atomic E-state index is 6.01. The number of aromatic nitrogens is 2. The molecule has 0 amide bonds. The third-order valence-corrected chi connectivity index (χ3v) is 7.26. The van der Waals surface area contributed by atoms with Crippen molar-refractivity contribution in [2.45, 2.75) is 57.8 Å². The summed E-state index contributed by atoms with van der Waals surface area (Å²) in [6.07, 6.45) is 3.89. The van der Waals surface area contributed by atoms with Crippen LogP contribution in [0, 0.1) is 5.41 Å². The Morgan fingerprint density at radius 3 is 2.22 bits per heavy atom. The van der Waals surface area contributed by atoms with E-state index < -0.39 is 0 Å². The number of nitrogens with one attached hydrogen (secondary N) is 1. The molecule has 0 bridgehead atoms. The minimum absolute atomic E-state index is 0.148. The van der Waals surface area contributed by atoms with E-state index in [4.69, 9.17) is 19.9 Å². The number of rotatable bonds is 10. The van der Waals surface area contributed by atoms with Gasteiger partial charge in [0.1, 0.15) is 24.2 Å². The van der Waals surface area contributed by atoms with Crippen LogP contribution in [0.15, 0.2) is 60.8 Å². The molecule has 1 aromatic heterocycles. The van der Waals surface area contributed by atoms with Gasteiger partial charge in [-0.2, -0.15) is 0 Å². The van der Waals surface area contributed by atoms with E-state index in [-0.39, 0.29) is 23.0 Å². The number of ether oxygens (including phenoxy) is 3. The van der Waals surface area contributed by atoms with E-state index in [1.807, 2.05) is 18.2 Å². The molecule has 2 heterocycles. The summed E-state index contributed by atoms with van der Waals surface area (Å²) in [5, 5.41) is 3.31. The van der Waals surface area contributed by atoms with Gasteiger partial charge in [0.15, 0.2) is 0 Å². The van der Waals surface area contributed by atoms with Crippen LogP contribution in [0.5, 0.6) is 11.5 Å². The van der Waals surface area contributed by atoms with E-state index in [1.165, 1.54) is 11.1 Å². The molecule has 1 aliphatic heterocycles. The van der Waals surface area contributed by atoms with Gasteiger partial charge in [-0.05, 0) is 54.3 Å². The van der Waals surface area contributed by atoms with Crippen LogP contribution in [-0.4, -0.2) is 41.9 Å². The molecule has 36 heavy (non-hydrogen) atoms. The Morgan fingerprint density at radius 1 is 1.00 bits per heavy atom. The Hall–Kier alpha value is -3.16. The molecule has 190 valence electrons. The zero-order valence-electron chi connectivity index (χ0n) is 21.4. The van der Waals surface area contributed by atoms with Crippen molar-refractivity contribution in [2.24, 2.45) is 11.1 Å². The molecule has 7 heteroatoms. The van der Waals surface area contributed by atoms with Crippen LogP contribution in [-0.2, 0) is 16.8 Å². The van der Waals surface area contributed by atoms with Crippen LogP contribution in [0.2, 0.25) is 0 Å². The standard InChI is InChI=1S/C29H36N4O3/c1-28(2,21-6-10-25(11-7-21)36-26-14-22(30)15-26)20-4-8-24(9-5-20)35-16-23-12-13-31-27(33-23)32-17-29(3)18-34-19-29/h4-13,22,26H,14-19,30H2,1-3H3,(H,31,32,33)/t22-,26+. The molecule has 0 atom stereocenters. The van der Waals surface area contributed by atoms with Crippen molar-refractivity contribution in [2.75, 3.05) is 25.1 Å². The molecule has 7 nitrogen and oxygen atoms in total. The van der Waals surface area contributed by atoms with Gasteiger partial charge >= 0.3 is 0 Å². The lowest BCUT2D eigenvalue weighted by molar-refractivity contribution is -0.0925. The summed E-state index contributed by atoms with van der Waals surface area (Å²) < 4.78 is 17.3. The predicted octanol–water partition coefficient (Wildman–Crippen LogP) is 4.70. The Morgan fingerprint density at radius 2 is 1.64 bits per heavy atom. The van der Waals surface area contributed by atoms with Crippen LogP contribution in [0.25, 0.3) is 0 Å². The normalized spacial score (nSPS) is 20.7. The first kappa shape index (κ1) is 24.5. The van der Waals surface area contributed by atoms with Crippen molar-refractivity contribution < 1.29 is 14.2 Å². The smallest absolute Gasteiger partial charge is 0.222 e. The first-order valence-electron chi connectivity index (χ1n) is 12.7.